The van der Waals surface area contributed by atoms with E-state index in [9.17, 15) is 19.5 Å². The number of carbonyl (C=O) groups is 1. The summed E-state index contributed by atoms with van der Waals surface area (Å²) in [5.74, 6) is -0.534. The number of aliphatic hydroxyl groups excluding tert-OH is 1. The number of carbonyl (C=O) groups excluding carboxylic acids is 1. The normalized spacial score (nSPS) is 15.5. The van der Waals surface area contributed by atoms with Crippen molar-refractivity contribution >= 4 is 17.5 Å². The molecule has 4 rings (SSSR count). The van der Waals surface area contributed by atoms with Crippen molar-refractivity contribution in [2.75, 3.05) is 0 Å². The zero-order chi connectivity index (χ0) is 24.1. The summed E-state index contributed by atoms with van der Waals surface area (Å²) >= 11 is 6.27. The van der Waals surface area contributed by atoms with Crippen LogP contribution in [0.2, 0.25) is 5.02 Å². The zero-order valence-electron chi connectivity index (χ0n) is 18.7. The number of nitrogens with one attached hydrogen (secondary N) is 1. The third kappa shape index (κ3) is 5.46. The lowest BCUT2D eigenvalue weighted by Crippen LogP contribution is -2.41. The molecule has 34 heavy (non-hydrogen) atoms. The molecule has 2 aromatic carbocycles. The SMILES string of the molecule is O=C(NC(O)C1CCCCCC1)c1cc(-n2ncc(=O)n(Cc3ccccc3)c2=O)ccc1Cl. The first-order chi connectivity index (χ1) is 16.4. The molecule has 3 aromatic rings. The lowest BCUT2D eigenvalue weighted by atomic mass is 9.98. The Morgan fingerprint density at radius 1 is 1.09 bits per heavy atom. The van der Waals surface area contributed by atoms with Crippen molar-refractivity contribution in [1.29, 1.82) is 0 Å². The Labute approximate surface area is 201 Å². The van der Waals surface area contributed by atoms with Gasteiger partial charge in [0.1, 0.15) is 12.4 Å². The maximum absolute atomic E-state index is 13.1. The quantitative estimate of drug-likeness (QED) is 0.414. The number of aliphatic hydroxyl groups is 1. The number of hydrogen-bond donors (Lipinski definition) is 2. The fourth-order valence-corrected chi connectivity index (χ4v) is 4.50. The number of rotatable bonds is 6. The Kier molecular flexibility index (Phi) is 7.59. The molecule has 0 aliphatic heterocycles. The first kappa shape index (κ1) is 23.9. The first-order valence-corrected chi connectivity index (χ1v) is 11.8. The second-order valence-corrected chi connectivity index (χ2v) is 8.99. The second kappa shape index (κ2) is 10.8. The van der Waals surface area contributed by atoms with Gasteiger partial charge < -0.3 is 10.4 Å². The minimum Gasteiger partial charge on any atom is -0.373 e. The van der Waals surface area contributed by atoms with Crippen LogP contribution in [0.25, 0.3) is 5.69 Å². The summed E-state index contributed by atoms with van der Waals surface area (Å²) in [5.41, 5.74) is 0.0295. The van der Waals surface area contributed by atoms with Gasteiger partial charge in [-0.3, -0.25) is 14.2 Å². The first-order valence-electron chi connectivity index (χ1n) is 11.5. The van der Waals surface area contributed by atoms with Gasteiger partial charge in [-0.1, -0.05) is 67.6 Å². The van der Waals surface area contributed by atoms with Crippen molar-refractivity contribution in [2.24, 2.45) is 5.92 Å². The largest absolute Gasteiger partial charge is 0.373 e. The molecule has 0 radical (unpaired) electrons. The van der Waals surface area contributed by atoms with Crippen LogP contribution in [0.15, 0.2) is 64.3 Å². The summed E-state index contributed by atoms with van der Waals surface area (Å²) in [6.45, 7) is 0.0928. The summed E-state index contributed by atoms with van der Waals surface area (Å²) in [6, 6.07) is 13.6. The van der Waals surface area contributed by atoms with Gasteiger partial charge in [-0.2, -0.15) is 9.78 Å². The highest BCUT2D eigenvalue weighted by atomic mass is 35.5. The molecule has 0 bridgehead atoms. The average Bonchev–Trinajstić information content (AvgIpc) is 3.13. The molecule has 1 heterocycles. The molecule has 0 spiro atoms. The van der Waals surface area contributed by atoms with Crippen LogP contribution in [-0.2, 0) is 6.54 Å². The highest BCUT2D eigenvalue weighted by molar-refractivity contribution is 6.33. The number of benzene rings is 2. The van der Waals surface area contributed by atoms with Crippen molar-refractivity contribution in [2.45, 2.75) is 51.3 Å². The molecule has 1 aliphatic carbocycles. The van der Waals surface area contributed by atoms with Crippen molar-refractivity contribution in [3.8, 4) is 5.69 Å². The third-order valence-corrected chi connectivity index (χ3v) is 6.54. The molecule has 1 fully saturated rings. The molecule has 8 nitrogen and oxygen atoms in total. The Morgan fingerprint density at radius 3 is 2.50 bits per heavy atom. The van der Waals surface area contributed by atoms with E-state index in [0.29, 0.717) is 0 Å². The van der Waals surface area contributed by atoms with Crippen LogP contribution in [0.5, 0.6) is 0 Å². The van der Waals surface area contributed by atoms with Crippen LogP contribution < -0.4 is 16.6 Å². The van der Waals surface area contributed by atoms with Crippen molar-refractivity contribution < 1.29 is 9.90 Å². The minimum atomic E-state index is -0.973. The molecule has 2 N–H and O–H groups in total. The highest BCUT2D eigenvalue weighted by Crippen LogP contribution is 2.25. The van der Waals surface area contributed by atoms with E-state index >= 15 is 0 Å². The predicted molar refractivity (Wildman–Crippen MR) is 129 cm³/mol. The molecular formula is C25H27ClN4O4. The lowest BCUT2D eigenvalue weighted by Gasteiger charge is -2.22. The van der Waals surface area contributed by atoms with Gasteiger partial charge in [-0.25, -0.2) is 4.79 Å². The molecular weight excluding hydrogens is 456 g/mol. The van der Waals surface area contributed by atoms with Crippen molar-refractivity contribution in [3.63, 3.8) is 0 Å². The van der Waals surface area contributed by atoms with Crippen LogP contribution in [0.4, 0.5) is 0 Å². The summed E-state index contributed by atoms with van der Waals surface area (Å²) in [4.78, 5) is 38.3. The highest BCUT2D eigenvalue weighted by Gasteiger charge is 2.24. The van der Waals surface area contributed by atoms with E-state index in [-0.39, 0.29) is 28.7 Å². The van der Waals surface area contributed by atoms with Gasteiger partial charge >= 0.3 is 5.69 Å². The Bertz CT molecular complexity index is 1260. The van der Waals surface area contributed by atoms with Crippen molar-refractivity contribution in [3.05, 3.63) is 91.7 Å². The molecule has 1 aliphatic rings. The molecule has 1 amide bonds. The number of nitrogens with zero attached hydrogens (tertiary/aromatic N) is 3. The number of halogens is 1. The van der Waals surface area contributed by atoms with Gasteiger partial charge in [0.2, 0.25) is 0 Å². The Hall–Kier alpha value is -3.23. The van der Waals surface area contributed by atoms with Gasteiger partial charge in [-0.05, 0) is 36.6 Å². The third-order valence-electron chi connectivity index (χ3n) is 6.21. The maximum atomic E-state index is 13.1. The molecule has 0 saturated heterocycles. The van der Waals surface area contributed by atoms with E-state index in [1.165, 1.54) is 12.1 Å². The average molecular weight is 483 g/mol. The molecule has 1 saturated carbocycles. The van der Waals surface area contributed by atoms with E-state index in [2.05, 4.69) is 10.4 Å². The van der Waals surface area contributed by atoms with Gasteiger partial charge in [0.05, 0.1) is 22.8 Å². The van der Waals surface area contributed by atoms with Gasteiger partial charge in [-0.15, -0.1) is 0 Å². The molecule has 1 atom stereocenters. The summed E-state index contributed by atoms with van der Waals surface area (Å²) < 4.78 is 2.13. The number of hydrogen-bond acceptors (Lipinski definition) is 5. The van der Waals surface area contributed by atoms with E-state index in [4.69, 9.17) is 11.6 Å². The van der Waals surface area contributed by atoms with Gasteiger partial charge in [0, 0.05) is 5.92 Å². The monoisotopic (exact) mass is 482 g/mol. The fraction of sp³-hybridized carbons (Fsp3) is 0.360. The van der Waals surface area contributed by atoms with E-state index < -0.39 is 23.4 Å². The van der Waals surface area contributed by atoms with E-state index in [0.717, 1.165) is 59.5 Å². The topological polar surface area (TPSA) is 106 Å². The molecule has 1 unspecified atom stereocenters. The fourth-order valence-electron chi connectivity index (χ4n) is 4.30. The lowest BCUT2D eigenvalue weighted by molar-refractivity contribution is 0.0532. The zero-order valence-corrected chi connectivity index (χ0v) is 19.4. The number of aromatic nitrogens is 3. The predicted octanol–water partition coefficient (Wildman–Crippen LogP) is 3.11. The van der Waals surface area contributed by atoms with E-state index in [1.807, 2.05) is 30.3 Å². The molecule has 1 aromatic heterocycles. The smallest absolute Gasteiger partial charge is 0.352 e. The summed E-state index contributed by atoms with van der Waals surface area (Å²) in [6.07, 6.45) is 6.14. The van der Waals surface area contributed by atoms with Crippen LogP contribution >= 0.6 is 11.6 Å². The van der Waals surface area contributed by atoms with Gasteiger partial charge in [0.25, 0.3) is 11.5 Å². The summed E-state index contributed by atoms with van der Waals surface area (Å²) in [7, 11) is 0. The Balaban J connectivity index is 1.60. The van der Waals surface area contributed by atoms with Crippen LogP contribution in [0.1, 0.15) is 54.4 Å². The Morgan fingerprint density at radius 2 is 1.79 bits per heavy atom. The molecule has 178 valence electrons. The number of amides is 1. The van der Waals surface area contributed by atoms with Crippen molar-refractivity contribution in [1.82, 2.24) is 19.7 Å². The second-order valence-electron chi connectivity index (χ2n) is 8.58. The maximum Gasteiger partial charge on any atom is 0.352 e. The van der Waals surface area contributed by atoms with E-state index in [1.54, 1.807) is 6.07 Å². The standard InChI is InChI=1S/C25H27ClN4O4/c26-21-13-12-19(14-20(21)24(33)28-23(32)18-10-6-1-2-7-11-18)30-25(34)29(22(31)15-27-30)16-17-8-4-3-5-9-17/h3-5,8-9,12-15,18,23,32H,1-2,6-7,10-11,16H2,(H,28,33). The minimum absolute atomic E-state index is 0.000706. The summed E-state index contributed by atoms with van der Waals surface area (Å²) in [5, 5.41) is 17.4. The van der Waals surface area contributed by atoms with Crippen LogP contribution in [0.3, 0.4) is 0 Å². The van der Waals surface area contributed by atoms with Crippen LogP contribution in [-0.4, -0.2) is 31.6 Å². The van der Waals surface area contributed by atoms with Gasteiger partial charge in [0.15, 0.2) is 0 Å². The van der Waals surface area contributed by atoms with Crippen LogP contribution in [0, 0.1) is 5.92 Å². The molecule has 9 heteroatoms.